The Morgan fingerprint density at radius 2 is 1.68 bits per heavy atom. The molecule has 0 unspecified atom stereocenters. The first-order valence-corrected chi connectivity index (χ1v) is 10.3. The molecule has 0 N–H and O–H groups in total. The summed E-state index contributed by atoms with van der Waals surface area (Å²) in [5.41, 5.74) is 2.84. The number of hydrogen-bond acceptors (Lipinski definition) is 1. The van der Waals surface area contributed by atoms with Gasteiger partial charge in [0.15, 0.2) is 11.6 Å². The van der Waals surface area contributed by atoms with E-state index in [1.54, 1.807) is 17.7 Å². The Hall–Kier alpha value is -1.02. The van der Waals surface area contributed by atoms with Crippen molar-refractivity contribution in [2.75, 3.05) is 6.61 Å². The molecule has 0 amide bonds. The van der Waals surface area contributed by atoms with Crippen molar-refractivity contribution in [3.8, 4) is 5.75 Å². The Kier molecular flexibility index (Phi) is 6.81. The molecule has 1 nitrogen and oxygen atoms in total. The van der Waals surface area contributed by atoms with Gasteiger partial charge in [-0.3, -0.25) is 0 Å². The molecule has 0 bridgehead atoms. The van der Waals surface area contributed by atoms with Crippen molar-refractivity contribution in [1.29, 1.82) is 0 Å². The van der Waals surface area contributed by atoms with Gasteiger partial charge in [-0.05, 0) is 99.7 Å². The van der Waals surface area contributed by atoms with E-state index in [1.807, 2.05) is 6.92 Å². The monoisotopic (exact) mass is 364 g/mol. The second kappa shape index (κ2) is 9.07. The summed E-state index contributed by atoms with van der Waals surface area (Å²) in [5.74, 6) is 3.12. The third-order valence-corrected chi connectivity index (χ3v) is 6.47. The molecule has 2 fully saturated rings. The van der Waals surface area contributed by atoms with Gasteiger partial charge in [-0.15, -0.1) is 0 Å². The fourth-order valence-electron chi connectivity index (χ4n) is 4.88. The van der Waals surface area contributed by atoms with Crippen LogP contribution in [0.4, 0.5) is 4.39 Å². The topological polar surface area (TPSA) is 9.23 Å². The number of ether oxygens (including phenoxy) is 1. The van der Waals surface area contributed by atoms with Crippen molar-refractivity contribution in [3.63, 3.8) is 0 Å². The Morgan fingerprint density at radius 1 is 1.04 bits per heavy atom. The van der Waals surface area contributed by atoms with Crippen LogP contribution in [-0.2, 0) is 0 Å². The number of rotatable bonds is 5. The van der Waals surface area contributed by atoms with E-state index in [0.29, 0.717) is 24.2 Å². The van der Waals surface area contributed by atoms with Crippen molar-refractivity contribution < 1.29 is 9.13 Å². The Bertz CT molecular complexity index is 569. The maximum absolute atomic E-state index is 14.1. The fourth-order valence-corrected chi connectivity index (χ4v) is 5.08. The average molecular weight is 365 g/mol. The molecule has 3 rings (SSSR count). The van der Waals surface area contributed by atoms with E-state index < -0.39 is 0 Å². The lowest BCUT2D eigenvalue weighted by molar-refractivity contribution is 0.171. The number of benzene rings is 1. The van der Waals surface area contributed by atoms with Crippen LogP contribution >= 0.6 is 11.6 Å². The van der Waals surface area contributed by atoms with E-state index in [-0.39, 0.29) is 5.82 Å². The normalized spacial score (nSPS) is 30.5. The van der Waals surface area contributed by atoms with E-state index >= 15 is 0 Å². The van der Waals surface area contributed by atoms with E-state index in [9.17, 15) is 4.39 Å². The van der Waals surface area contributed by atoms with Gasteiger partial charge in [-0.25, -0.2) is 4.39 Å². The highest BCUT2D eigenvalue weighted by Crippen LogP contribution is 2.44. The van der Waals surface area contributed by atoms with Gasteiger partial charge in [0.05, 0.1) is 6.61 Å². The van der Waals surface area contributed by atoms with Crippen LogP contribution in [0.1, 0.15) is 69.8 Å². The molecule has 0 aliphatic heterocycles. The molecule has 3 heteroatoms. The zero-order chi connectivity index (χ0) is 17.6. The second-order valence-corrected chi connectivity index (χ2v) is 7.98. The van der Waals surface area contributed by atoms with E-state index in [1.165, 1.54) is 51.4 Å². The van der Waals surface area contributed by atoms with Crippen molar-refractivity contribution in [2.45, 2.75) is 64.2 Å². The van der Waals surface area contributed by atoms with Crippen molar-refractivity contribution in [2.24, 2.45) is 17.8 Å². The zero-order valence-corrected chi connectivity index (χ0v) is 16.0. The van der Waals surface area contributed by atoms with Crippen LogP contribution < -0.4 is 4.74 Å². The summed E-state index contributed by atoms with van der Waals surface area (Å²) in [4.78, 5) is 0. The first kappa shape index (κ1) is 18.8. The third-order valence-electron chi connectivity index (χ3n) is 6.33. The first-order valence-electron chi connectivity index (χ1n) is 9.90. The Balaban J connectivity index is 1.51. The van der Waals surface area contributed by atoms with Crippen LogP contribution in [0, 0.1) is 23.6 Å². The Labute approximate surface area is 156 Å². The highest BCUT2D eigenvalue weighted by Gasteiger charge is 2.31. The second-order valence-electron chi connectivity index (χ2n) is 7.73. The van der Waals surface area contributed by atoms with Crippen LogP contribution in [0.25, 0.3) is 0 Å². The summed E-state index contributed by atoms with van der Waals surface area (Å²) in [7, 11) is 0. The summed E-state index contributed by atoms with van der Waals surface area (Å²) in [6.45, 7) is 2.39. The molecule has 0 spiro atoms. The molecular weight excluding hydrogens is 335 g/mol. The van der Waals surface area contributed by atoms with Gasteiger partial charge >= 0.3 is 0 Å². The molecule has 2 saturated carbocycles. The van der Waals surface area contributed by atoms with Crippen LogP contribution in [0.15, 0.2) is 29.8 Å². The summed E-state index contributed by atoms with van der Waals surface area (Å²) in [6.07, 6.45) is 12.4. The molecule has 0 heterocycles. The van der Waals surface area contributed by atoms with Gasteiger partial charge in [0, 0.05) is 5.54 Å². The molecule has 138 valence electrons. The van der Waals surface area contributed by atoms with Crippen molar-refractivity contribution >= 4 is 11.6 Å². The van der Waals surface area contributed by atoms with Crippen LogP contribution in [0.2, 0.25) is 0 Å². The number of halogens is 2. The van der Waals surface area contributed by atoms with E-state index in [0.717, 1.165) is 17.4 Å². The summed E-state index contributed by atoms with van der Waals surface area (Å²) >= 11 is 5.72. The molecular formula is C22H30ClFO. The Morgan fingerprint density at radius 3 is 2.24 bits per heavy atom. The van der Waals surface area contributed by atoms with Crippen LogP contribution in [-0.4, -0.2) is 6.61 Å². The number of allylic oxidation sites excluding steroid dienone is 1. The minimum atomic E-state index is -0.216. The molecule has 2 aliphatic carbocycles. The summed E-state index contributed by atoms with van der Waals surface area (Å²) in [6, 6.07) is 5.55. The van der Waals surface area contributed by atoms with Crippen LogP contribution in [0.3, 0.4) is 0 Å². The molecule has 25 heavy (non-hydrogen) atoms. The molecule has 0 radical (unpaired) electrons. The van der Waals surface area contributed by atoms with Crippen molar-refractivity contribution in [1.82, 2.24) is 0 Å². The standard InChI is InChI=1S/C22H30ClFO/c1-2-25-22-12-11-20(15-21(22)24)19-9-7-18(8-10-19)17-5-3-16(4-6-17)13-14-23/h11-19H,2-10H2,1H3. The average Bonchev–Trinajstić information content (AvgIpc) is 2.65. The van der Waals surface area contributed by atoms with Gasteiger partial charge in [0.1, 0.15) is 0 Å². The maximum Gasteiger partial charge on any atom is 0.165 e. The SMILES string of the molecule is CCOc1ccc(C2CCC(C3CCC(C=CCl)CC3)CC2)cc1F. The molecule has 0 saturated heterocycles. The lowest BCUT2D eigenvalue weighted by Gasteiger charge is -2.37. The smallest absolute Gasteiger partial charge is 0.165 e. The fraction of sp³-hybridized carbons (Fsp3) is 0.636. The molecule has 0 aromatic heterocycles. The largest absolute Gasteiger partial charge is 0.491 e. The quantitative estimate of drug-likeness (QED) is 0.543. The molecule has 2 aliphatic rings. The predicted octanol–water partition coefficient (Wildman–Crippen LogP) is 7.06. The first-order chi connectivity index (χ1) is 12.2. The maximum atomic E-state index is 14.1. The van der Waals surface area contributed by atoms with Gasteiger partial charge < -0.3 is 4.74 Å². The summed E-state index contributed by atoms with van der Waals surface area (Å²) in [5, 5.41) is 0. The summed E-state index contributed by atoms with van der Waals surface area (Å²) < 4.78 is 19.4. The molecule has 1 aromatic rings. The van der Waals surface area contributed by atoms with E-state index in [4.69, 9.17) is 16.3 Å². The van der Waals surface area contributed by atoms with Crippen molar-refractivity contribution in [3.05, 3.63) is 41.2 Å². The minimum Gasteiger partial charge on any atom is -0.491 e. The van der Waals surface area contributed by atoms with E-state index in [2.05, 4.69) is 12.1 Å². The molecule has 0 atom stereocenters. The van der Waals surface area contributed by atoms with Gasteiger partial charge in [0.25, 0.3) is 0 Å². The zero-order valence-electron chi connectivity index (χ0n) is 15.2. The van der Waals surface area contributed by atoms with Gasteiger partial charge in [-0.1, -0.05) is 23.7 Å². The van der Waals surface area contributed by atoms with Crippen LogP contribution in [0.5, 0.6) is 5.75 Å². The predicted molar refractivity (Wildman–Crippen MR) is 103 cm³/mol. The van der Waals surface area contributed by atoms with Gasteiger partial charge in [-0.2, -0.15) is 0 Å². The highest BCUT2D eigenvalue weighted by molar-refractivity contribution is 6.25. The third kappa shape index (κ3) is 4.78. The minimum absolute atomic E-state index is 0.216. The number of hydrogen-bond donors (Lipinski definition) is 0. The highest BCUT2D eigenvalue weighted by atomic mass is 35.5. The lowest BCUT2D eigenvalue weighted by atomic mass is 9.68. The van der Waals surface area contributed by atoms with Gasteiger partial charge in [0.2, 0.25) is 0 Å². The molecule has 1 aromatic carbocycles. The lowest BCUT2D eigenvalue weighted by Crippen LogP contribution is -2.25.